The molecule has 8 heteroatoms. The number of rotatable bonds is 5. The highest BCUT2D eigenvalue weighted by molar-refractivity contribution is 7.15. The van der Waals surface area contributed by atoms with Crippen molar-refractivity contribution in [2.75, 3.05) is 18.0 Å². The Kier molecular flexibility index (Phi) is 5.53. The fourth-order valence-corrected chi connectivity index (χ4v) is 4.41. The van der Waals surface area contributed by atoms with Gasteiger partial charge in [0.05, 0.1) is 27.7 Å². The van der Waals surface area contributed by atoms with Gasteiger partial charge in [0, 0.05) is 25.3 Å². The molecular formula is C21H22FN5OS. The van der Waals surface area contributed by atoms with Gasteiger partial charge in [-0.05, 0) is 44.0 Å². The van der Waals surface area contributed by atoms with Crippen LogP contribution in [-0.2, 0) is 11.2 Å². The third-order valence-electron chi connectivity index (χ3n) is 4.89. The zero-order chi connectivity index (χ0) is 20.4. The van der Waals surface area contributed by atoms with Crippen LogP contribution >= 0.6 is 11.3 Å². The standard InChI is InChI=1S/C21H22FN5OS/c1-13-20(29-14(2)24-13)18-7-9-23-21(26-18)27-10-8-17(12-27)25-19(28)11-15-3-5-16(22)6-4-15/h3-7,9,17H,8,10-12H2,1-2H3,(H,25,28). The van der Waals surface area contributed by atoms with Gasteiger partial charge in [-0.15, -0.1) is 11.3 Å². The Morgan fingerprint density at radius 1 is 1.24 bits per heavy atom. The van der Waals surface area contributed by atoms with Crippen molar-refractivity contribution in [3.63, 3.8) is 0 Å². The second-order valence-corrected chi connectivity index (χ2v) is 8.39. The minimum absolute atomic E-state index is 0.0441. The third-order valence-corrected chi connectivity index (χ3v) is 5.99. The van der Waals surface area contributed by atoms with Crippen LogP contribution in [0, 0.1) is 19.7 Å². The molecule has 3 aromatic rings. The topological polar surface area (TPSA) is 71.0 Å². The molecule has 3 heterocycles. The number of carbonyl (C=O) groups excluding carboxylic acids is 1. The molecular weight excluding hydrogens is 389 g/mol. The van der Waals surface area contributed by atoms with Crippen molar-refractivity contribution in [1.29, 1.82) is 0 Å². The Labute approximate surface area is 172 Å². The normalized spacial score (nSPS) is 16.2. The summed E-state index contributed by atoms with van der Waals surface area (Å²) >= 11 is 1.63. The summed E-state index contributed by atoms with van der Waals surface area (Å²) in [6.45, 7) is 5.43. The van der Waals surface area contributed by atoms with Crippen molar-refractivity contribution >= 4 is 23.2 Å². The number of nitrogens with one attached hydrogen (secondary N) is 1. The quantitative estimate of drug-likeness (QED) is 0.698. The molecule has 1 amide bonds. The van der Waals surface area contributed by atoms with Gasteiger partial charge in [0.25, 0.3) is 0 Å². The number of nitrogens with zero attached hydrogens (tertiary/aromatic N) is 4. The van der Waals surface area contributed by atoms with Crippen LogP contribution in [0.4, 0.5) is 10.3 Å². The molecule has 4 rings (SSSR count). The molecule has 1 fully saturated rings. The first kappa shape index (κ1) is 19.4. The molecule has 1 aliphatic rings. The van der Waals surface area contributed by atoms with Crippen molar-refractivity contribution in [2.24, 2.45) is 0 Å². The lowest BCUT2D eigenvalue weighted by molar-refractivity contribution is -0.121. The maximum atomic E-state index is 13.0. The van der Waals surface area contributed by atoms with E-state index in [0.717, 1.165) is 39.8 Å². The zero-order valence-corrected chi connectivity index (χ0v) is 17.2. The molecule has 150 valence electrons. The van der Waals surface area contributed by atoms with E-state index in [1.54, 1.807) is 29.7 Å². The number of anilines is 1. The predicted molar refractivity (Wildman–Crippen MR) is 111 cm³/mol. The first-order chi connectivity index (χ1) is 14.0. The van der Waals surface area contributed by atoms with Gasteiger partial charge in [0.15, 0.2) is 0 Å². The summed E-state index contributed by atoms with van der Waals surface area (Å²) in [4.78, 5) is 29.1. The predicted octanol–water partition coefficient (Wildman–Crippen LogP) is 3.29. The number of hydrogen-bond donors (Lipinski definition) is 1. The van der Waals surface area contributed by atoms with E-state index in [0.29, 0.717) is 12.5 Å². The molecule has 0 radical (unpaired) electrons. The molecule has 0 bridgehead atoms. The summed E-state index contributed by atoms with van der Waals surface area (Å²) < 4.78 is 13.0. The van der Waals surface area contributed by atoms with E-state index >= 15 is 0 Å². The first-order valence-electron chi connectivity index (χ1n) is 9.54. The number of thiazole rings is 1. The summed E-state index contributed by atoms with van der Waals surface area (Å²) in [6, 6.07) is 7.97. The smallest absolute Gasteiger partial charge is 0.225 e. The molecule has 0 spiro atoms. The maximum Gasteiger partial charge on any atom is 0.225 e. The highest BCUT2D eigenvalue weighted by Crippen LogP contribution is 2.29. The van der Waals surface area contributed by atoms with Crippen LogP contribution < -0.4 is 10.2 Å². The number of amides is 1. The van der Waals surface area contributed by atoms with Crippen LogP contribution in [0.25, 0.3) is 10.6 Å². The summed E-state index contributed by atoms with van der Waals surface area (Å²) in [6.07, 6.45) is 2.85. The summed E-state index contributed by atoms with van der Waals surface area (Å²) in [7, 11) is 0. The van der Waals surface area contributed by atoms with Crippen LogP contribution in [-0.4, -0.2) is 40.0 Å². The maximum absolute atomic E-state index is 13.0. The van der Waals surface area contributed by atoms with Crippen molar-refractivity contribution in [2.45, 2.75) is 32.7 Å². The molecule has 2 aromatic heterocycles. The van der Waals surface area contributed by atoms with E-state index in [1.165, 1.54) is 12.1 Å². The molecule has 1 aromatic carbocycles. The van der Waals surface area contributed by atoms with Crippen LogP contribution in [0.2, 0.25) is 0 Å². The molecule has 1 unspecified atom stereocenters. The van der Waals surface area contributed by atoms with E-state index < -0.39 is 0 Å². The van der Waals surface area contributed by atoms with Crippen LogP contribution in [0.5, 0.6) is 0 Å². The zero-order valence-electron chi connectivity index (χ0n) is 16.4. The van der Waals surface area contributed by atoms with Gasteiger partial charge in [-0.1, -0.05) is 12.1 Å². The average molecular weight is 412 g/mol. The highest BCUT2D eigenvalue weighted by atomic mass is 32.1. The van der Waals surface area contributed by atoms with E-state index in [9.17, 15) is 9.18 Å². The lowest BCUT2D eigenvalue weighted by Gasteiger charge is -2.17. The van der Waals surface area contributed by atoms with Gasteiger partial charge in [-0.2, -0.15) is 0 Å². The van der Waals surface area contributed by atoms with Gasteiger partial charge in [-0.25, -0.2) is 19.3 Å². The van der Waals surface area contributed by atoms with Gasteiger partial charge >= 0.3 is 0 Å². The van der Waals surface area contributed by atoms with Gasteiger partial charge in [0.1, 0.15) is 5.82 Å². The first-order valence-corrected chi connectivity index (χ1v) is 10.4. The molecule has 1 saturated heterocycles. The molecule has 6 nitrogen and oxygen atoms in total. The Hall–Kier alpha value is -2.87. The average Bonchev–Trinajstić information content (AvgIpc) is 3.29. The summed E-state index contributed by atoms with van der Waals surface area (Å²) in [5.41, 5.74) is 2.65. The fourth-order valence-electron chi connectivity index (χ4n) is 3.52. The Morgan fingerprint density at radius 3 is 2.76 bits per heavy atom. The second kappa shape index (κ2) is 8.24. The van der Waals surface area contributed by atoms with E-state index in [4.69, 9.17) is 4.98 Å². The summed E-state index contributed by atoms with van der Waals surface area (Å²) in [5.74, 6) is 0.309. The Bertz CT molecular complexity index is 1020. The van der Waals surface area contributed by atoms with E-state index in [2.05, 4.69) is 20.2 Å². The molecule has 1 atom stereocenters. The molecule has 1 aliphatic heterocycles. The minimum atomic E-state index is -0.300. The van der Waals surface area contributed by atoms with Crippen molar-refractivity contribution in [3.8, 4) is 10.6 Å². The van der Waals surface area contributed by atoms with Gasteiger partial charge < -0.3 is 10.2 Å². The largest absolute Gasteiger partial charge is 0.351 e. The van der Waals surface area contributed by atoms with Crippen LogP contribution in [0.3, 0.4) is 0 Å². The van der Waals surface area contributed by atoms with Crippen LogP contribution in [0.15, 0.2) is 36.5 Å². The second-order valence-electron chi connectivity index (χ2n) is 7.19. The minimum Gasteiger partial charge on any atom is -0.351 e. The number of hydrogen-bond acceptors (Lipinski definition) is 6. The van der Waals surface area contributed by atoms with Crippen molar-refractivity contribution in [3.05, 3.63) is 58.6 Å². The fraction of sp³-hybridized carbons (Fsp3) is 0.333. The lowest BCUT2D eigenvalue weighted by Crippen LogP contribution is -2.38. The Morgan fingerprint density at radius 2 is 2.03 bits per heavy atom. The van der Waals surface area contributed by atoms with E-state index in [1.807, 2.05) is 19.9 Å². The number of halogens is 1. The van der Waals surface area contributed by atoms with Gasteiger partial charge in [-0.3, -0.25) is 4.79 Å². The SMILES string of the molecule is Cc1nc(C)c(-c2ccnc(N3CCC(NC(=O)Cc4ccc(F)cc4)C3)n2)s1. The van der Waals surface area contributed by atoms with Crippen LogP contribution in [0.1, 0.15) is 22.7 Å². The Balaban J connectivity index is 1.38. The lowest BCUT2D eigenvalue weighted by atomic mass is 10.1. The molecule has 1 N–H and O–H groups in total. The number of benzene rings is 1. The molecule has 0 aliphatic carbocycles. The third kappa shape index (κ3) is 4.59. The number of aromatic nitrogens is 3. The van der Waals surface area contributed by atoms with Crippen molar-refractivity contribution < 1.29 is 9.18 Å². The molecule has 0 saturated carbocycles. The summed E-state index contributed by atoms with van der Waals surface area (Å²) in [5, 5.41) is 4.08. The van der Waals surface area contributed by atoms with E-state index in [-0.39, 0.29) is 24.2 Å². The monoisotopic (exact) mass is 411 g/mol. The number of aryl methyl sites for hydroxylation is 2. The number of carbonyl (C=O) groups is 1. The van der Waals surface area contributed by atoms with Gasteiger partial charge in [0.2, 0.25) is 11.9 Å². The van der Waals surface area contributed by atoms with Crippen molar-refractivity contribution in [1.82, 2.24) is 20.3 Å². The molecule has 29 heavy (non-hydrogen) atoms. The highest BCUT2D eigenvalue weighted by Gasteiger charge is 2.26.